The summed E-state index contributed by atoms with van der Waals surface area (Å²) in [4.78, 5) is 37.7. The number of phenols is 1. The topological polar surface area (TPSA) is 111 Å². The average Bonchev–Trinajstić information content (AvgIpc) is 2.46. The molecule has 1 aromatic carbocycles. The Morgan fingerprint density at radius 1 is 1.10 bits per heavy atom. The molecule has 7 nitrogen and oxygen atoms in total. The molecule has 0 bridgehead atoms. The second-order valence-electron chi connectivity index (χ2n) is 4.24. The molecule has 108 valence electrons. The lowest BCUT2D eigenvalue weighted by Crippen LogP contribution is -2.36. The number of H-pyrrole nitrogens is 1. The van der Waals surface area contributed by atoms with Crippen LogP contribution in [0.15, 0.2) is 47.4 Å². The van der Waals surface area contributed by atoms with Gasteiger partial charge in [0.15, 0.2) is 0 Å². The van der Waals surface area contributed by atoms with Crippen LogP contribution in [0, 0.1) is 0 Å². The highest BCUT2D eigenvalue weighted by Gasteiger charge is 2.20. The van der Waals surface area contributed by atoms with Gasteiger partial charge in [0.25, 0.3) is 5.91 Å². The van der Waals surface area contributed by atoms with Crippen LogP contribution in [0.25, 0.3) is 0 Å². The molecule has 0 aliphatic rings. The maximum absolute atomic E-state index is 12.4. The summed E-state index contributed by atoms with van der Waals surface area (Å²) in [6, 6.07) is 8.07. The Morgan fingerprint density at radius 2 is 1.76 bits per heavy atom. The number of hydrogen-bond donors (Lipinski definition) is 3. The van der Waals surface area contributed by atoms with Crippen LogP contribution in [0.4, 0.5) is 5.69 Å². The van der Waals surface area contributed by atoms with E-state index in [-0.39, 0.29) is 16.9 Å². The summed E-state index contributed by atoms with van der Waals surface area (Å²) in [6.45, 7) is -0.539. The quantitative estimate of drug-likeness (QED) is 0.771. The van der Waals surface area contributed by atoms with Gasteiger partial charge in [-0.25, -0.2) is 0 Å². The molecule has 7 heteroatoms. The van der Waals surface area contributed by atoms with Gasteiger partial charge in [-0.1, -0.05) is 0 Å². The third-order valence-corrected chi connectivity index (χ3v) is 2.73. The maximum Gasteiger partial charge on any atom is 0.323 e. The number of nitrogens with one attached hydrogen (secondary N) is 1. The lowest BCUT2D eigenvalue weighted by molar-refractivity contribution is -0.135. The lowest BCUT2D eigenvalue weighted by atomic mass is 10.2. The average molecular weight is 288 g/mol. The molecule has 1 amide bonds. The van der Waals surface area contributed by atoms with Crippen molar-refractivity contribution in [2.24, 2.45) is 0 Å². The predicted molar refractivity (Wildman–Crippen MR) is 74.5 cm³/mol. The van der Waals surface area contributed by atoms with E-state index in [1.165, 1.54) is 42.6 Å². The van der Waals surface area contributed by atoms with Crippen molar-refractivity contribution in [3.63, 3.8) is 0 Å². The van der Waals surface area contributed by atoms with Crippen molar-refractivity contribution >= 4 is 17.6 Å². The van der Waals surface area contributed by atoms with E-state index in [0.717, 1.165) is 4.90 Å². The smallest absolute Gasteiger partial charge is 0.323 e. The van der Waals surface area contributed by atoms with Crippen LogP contribution in [-0.2, 0) is 4.79 Å². The zero-order valence-electron chi connectivity index (χ0n) is 10.8. The normalized spacial score (nSPS) is 10.1. The number of carboxylic acids is 1. The van der Waals surface area contributed by atoms with Gasteiger partial charge in [-0.15, -0.1) is 0 Å². The molecule has 0 atom stereocenters. The highest BCUT2D eigenvalue weighted by molar-refractivity contribution is 6.08. The van der Waals surface area contributed by atoms with E-state index in [4.69, 9.17) is 5.11 Å². The van der Waals surface area contributed by atoms with Crippen LogP contribution in [0.5, 0.6) is 5.75 Å². The molecular formula is C14H12N2O5. The zero-order chi connectivity index (χ0) is 15.4. The summed E-state index contributed by atoms with van der Waals surface area (Å²) in [6.07, 6.45) is 1.22. The highest BCUT2D eigenvalue weighted by atomic mass is 16.4. The van der Waals surface area contributed by atoms with Gasteiger partial charge in [0.1, 0.15) is 12.3 Å². The van der Waals surface area contributed by atoms with Gasteiger partial charge in [0.2, 0.25) is 5.56 Å². The number of benzene rings is 1. The molecule has 0 saturated carbocycles. The molecule has 0 fully saturated rings. The number of carbonyl (C=O) groups excluding carboxylic acids is 1. The fourth-order valence-corrected chi connectivity index (χ4v) is 1.75. The first-order chi connectivity index (χ1) is 9.97. The van der Waals surface area contributed by atoms with Crippen molar-refractivity contribution in [3.8, 4) is 5.75 Å². The summed E-state index contributed by atoms with van der Waals surface area (Å²) in [5.74, 6) is -1.74. The van der Waals surface area contributed by atoms with Crippen LogP contribution in [-0.4, -0.2) is 33.6 Å². The molecule has 21 heavy (non-hydrogen) atoms. The Labute approximate surface area is 119 Å². The fourth-order valence-electron chi connectivity index (χ4n) is 1.75. The van der Waals surface area contributed by atoms with Crippen molar-refractivity contribution in [1.29, 1.82) is 0 Å². The van der Waals surface area contributed by atoms with Crippen molar-refractivity contribution < 1.29 is 19.8 Å². The molecule has 2 aromatic rings. The number of pyridine rings is 1. The second kappa shape index (κ2) is 5.91. The summed E-state index contributed by atoms with van der Waals surface area (Å²) in [5, 5.41) is 18.2. The van der Waals surface area contributed by atoms with Crippen molar-refractivity contribution in [3.05, 3.63) is 58.5 Å². The van der Waals surface area contributed by atoms with Crippen LogP contribution in [0.3, 0.4) is 0 Å². The number of rotatable bonds is 4. The van der Waals surface area contributed by atoms with Crippen LogP contribution in [0.1, 0.15) is 10.4 Å². The number of anilines is 1. The first-order valence-corrected chi connectivity index (χ1v) is 5.99. The number of aromatic nitrogens is 1. The molecule has 0 radical (unpaired) electrons. The largest absolute Gasteiger partial charge is 0.508 e. The maximum atomic E-state index is 12.4. The van der Waals surface area contributed by atoms with Crippen LogP contribution in [0.2, 0.25) is 0 Å². The van der Waals surface area contributed by atoms with E-state index >= 15 is 0 Å². The van der Waals surface area contributed by atoms with Crippen LogP contribution < -0.4 is 10.5 Å². The highest BCUT2D eigenvalue weighted by Crippen LogP contribution is 2.20. The third-order valence-electron chi connectivity index (χ3n) is 2.73. The molecule has 1 heterocycles. The molecule has 3 N–H and O–H groups in total. The number of amides is 1. The number of aromatic hydroxyl groups is 1. The summed E-state index contributed by atoms with van der Waals surface area (Å²) < 4.78 is 0. The minimum absolute atomic E-state index is 0.00511. The van der Waals surface area contributed by atoms with E-state index in [0.29, 0.717) is 5.69 Å². The minimum atomic E-state index is -1.18. The molecule has 2 rings (SSSR count). The Morgan fingerprint density at radius 3 is 2.29 bits per heavy atom. The number of hydrogen-bond acceptors (Lipinski definition) is 4. The van der Waals surface area contributed by atoms with Crippen molar-refractivity contribution in [2.45, 2.75) is 0 Å². The van der Waals surface area contributed by atoms with Gasteiger partial charge in [0.05, 0.1) is 5.56 Å². The van der Waals surface area contributed by atoms with E-state index in [9.17, 15) is 19.5 Å². The van der Waals surface area contributed by atoms with Gasteiger partial charge in [0, 0.05) is 18.0 Å². The van der Waals surface area contributed by atoms with Crippen molar-refractivity contribution in [2.75, 3.05) is 11.4 Å². The zero-order valence-corrected chi connectivity index (χ0v) is 10.8. The Kier molecular flexibility index (Phi) is 4.03. The molecule has 0 saturated heterocycles. The second-order valence-corrected chi connectivity index (χ2v) is 4.24. The lowest BCUT2D eigenvalue weighted by Gasteiger charge is -2.20. The predicted octanol–water partition coefficient (Wildman–Crippen LogP) is 0.812. The third kappa shape index (κ3) is 3.47. The number of phenolic OH excluding ortho intramolecular Hbond substituents is 1. The van der Waals surface area contributed by atoms with Gasteiger partial charge >= 0.3 is 5.97 Å². The Balaban J connectivity index is 2.37. The first-order valence-electron chi connectivity index (χ1n) is 5.99. The van der Waals surface area contributed by atoms with Crippen molar-refractivity contribution in [1.82, 2.24) is 4.98 Å². The summed E-state index contributed by atoms with van der Waals surface area (Å²) in [7, 11) is 0. The number of carboxylic acid groups (broad SMARTS) is 1. The van der Waals surface area contributed by atoms with Gasteiger partial charge in [-0.05, 0) is 30.3 Å². The van der Waals surface area contributed by atoms with E-state index in [1.807, 2.05) is 0 Å². The molecule has 0 aliphatic heterocycles. The molecular weight excluding hydrogens is 276 g/mol. The minimum Gasteiger partial charge on any atom is -0.508 e. The van der Waals surface area contributed by atoms with E-state index in [2.05, 4.69) is 4.98 Å². The molecule has 0 spiro atoms. The number of carbonyl (C=O) groups is 2. The first kappa shape index (κ1) is 14.3. The fraction of sp³-hybridized carbons (Fsp3) is 0.0714. The standard InChI is InChI=1S/C14H12N2O5/c17-11-4-2-10(3-5-11)16(8-13(19)20)14(21)9-1-6-12(18)15-7-9/h1-7,17H,8H2,(H,15,18)(H,19,20). The SMILES string of the molecule is O=C(O)CN(C(=O)c1ccc(=O)[nH]c1)c1ccc(O)cc1. The number of aromatic amines is 1. The monoisotopic (exact) mass is 288 g/mol. The Bertz CT molecular complexity index is 700. The molecule has 1 aromatic heterocycles. The summed E-state index contributed by atoms with van der Waals surface area (Å²) in [5.41, 5.74) is 0.122. The van der Waals surface area contributed by atoms with Gasteiger partial charge in [-0.3, -0.25) is 19.3 Å². The number of nitrogens with zero attached hydrogens (tertiary/aromatic N) is 1. The van der Waals surface area contributed by atoms with Gasteiger partial charge in [-0.2, -0.15) is 0 Å². The van der Waals surface area contributed by atoms with E-state index in [1.54, 1.807) is 0 Å². The van der Waals surface area contributed by atoms with Gasteiger partial charge < -0.3 is 15.2 Å². The summed E-state index contributed by atoms with van der Waals surface area (Å²) >= 11 is 0. The molecule has 0 unspecified atom stereocenters. The van der Waals surface area contributed by atoms with Crippen LogP contribution >= 0.6 is 0 Å². The van der Waals surface area contributed by atoms with E-state index < -0.39 is 18.4 Å². The Hall–Kier alpha value is -3.09. The number of aliphatic carboxylic acids is 1. The molecule has 0 aliphatic carbocycles.